The van der Waals surface area contributed by atoms with E-state index >= 15 is 0 Å². The maximum Gasteiger partial charge on any atom is 0.293 e. The summed E-state index contributed by atoms with van der Waals surface area (Å²) in [5.41, 5.74) is 1.15. The van der Waals surface area contributed by atoms with Gasteiger partial charge < -0.3 is 15.0 Å². The van der Waals surface area contributed by atoms with Gasteiger partial charge in [-0.05, 0) is 29.8 Å². The molecule has 0 spiro atoms. The van der Waals surface area contributed by atoms with Crippen LogP contribution in [0.4, 0.5) is 11.4 Å². The average Bonchev–Trinajstić information content (AvgIpc) is 2.58. The third-order valence-corrected chi connectivity index (χ3v) is 3.63. The summed E-state index contributed by atoms with van der Waals surface area (Å²) in [6.07, 6.45) is 0. The number of benzene rings is 2. The first-order valence-electron chi connectivity index (χ1n) is 7.46. The number of nitrogens with zero attached hydrogens (tertiary/aromatic N) is 2. The molecule has 0 saturated carbocycles. The number of nitro groups is 1. The van der Waals surface area contributed by atoms with Gasteiger partial charge in [0.1, 0.15) is 11.4 Å². The summed E-state index contributed by atoms with van der Waals surface area (Å²) < 4.78 is 5.45. The zero-order chi connectivity index (χ0) is 18.4. The highest BCUT2D eigenvalue weighted by Crippen LogP contribution is 2.28. The first kappa shape index (κ1) is 18.5. The van der Waals surface area contributed by atoms with Gasteiger partial charge in [0.15, 0.2) is 6.61 Å². The smallest absolute Gasteiger partial charge is 0.293 e. The molecular formula is C17H18ClN3O4. The van der Waals surface area contributed by atoms with Crippen LogP contribution < -0.4 is 10.1 Å². The van der Waals surface area contributed by atoms with Crippen LogP contribution in [0.3, 0.4) is 0 Å². The topological polar surface area (TPSA) is 84.7 Å². The van der Waals surface area contributed by atoms with E-state index in [0.717, 1.165) is 5.56 Å². The molecule has 0 heterocycles. The standard InChI is InChI=1S/C17H18ClN3O4/c1-20(2)17(22)11-25-14-5-3-4-12(8-14)10-19-15-7-6-13(18)9-16(15)21(23)24/h3-9,19H,10-11H2,1-2H3. The third kappa shape index (κ3) is 5.36. The number of hydrogen-bond donors (Lipinski definition) is 1. The highest BCUT2D eigenvalue weighted by Gasteiger charge is 2.14. The summed E-state index contributed by atoms with van der Waals surface area (Å²) in [7, 11) is 3.32. The second-order valence-corrected chi connectivity index (χ2v) is 5.93. The highest BCUT2D eigenvalue weighted by atomic mass is 35.5. The van der Waals surface area contributed by atoms with Crippen LogP contribution in [-0.2, 0) is 11.3 Å². The molecule has 0 aliphatic carbocycles. The predicted molar refractivity (Wildman–Crippen MR) is 96.1 cm³/mol. The maximum absolute atomic E-state index is 11.6. The molecule has 0 aliphatic heterocycles. The van der Waals surface area contributed by atoms with E-state index in [1.807, 2.05) is 6.07 Å². The zero-order valence-corrected chi connectivity index (χ0v) is 14.6. The number of nitro benzene ring substituents is 1. The SMILES string of the molecule is CN(C)C(=O)COc1cccc(CNc2ccc(Cl)cc2[N+](=O)[O-])c1. The monoisotopic (exact) mass is 363 g/mol. The molecular weight excluding hydrogens is 346 g/mol. The van der Waals surface area contributed by atoms with Gasteiger partial charge in [-0.15, -0.1) is 0 Å². The Kier molecular flexibility index (Phi) is 6.19. The van der Waals surface area contributed by atoms with Crippen molar-refractivity contribution < 1.29 is 14.5 Å². The predicted octanol–water partition coefficient (Wildman–Crippen LogP) is 3.33. The summed E-state index contributed by atoms with van der Waals surface area (Å²) in [5.74, 6) is 0.417. The Morgan fingerprint density at radius 3 is 2.72 bits per heavy atom. The van der Waals surface area contributed by atoms with Crippen molar-refractivity contribution in [2.75, 3.05) is 26.0 Å². The van der Waals surface area contributed by atoms with Crippen LogP contribution in [-0.4, -0.2) is 36.4 Å². The van der Waals surface area contributed by atoms with Crippen LogP contribution in [0.25, 0.3) is 0 Å². The zero-order valence-electron chi connectivity index (χ0n) is 13.9. The fraction of sp³-hybridized carbons (Fsp3) is 0.235. The molecule has 1 N–H and O–H groups in total. The van der Waals surface area contributed by atoms with Gasteiger partial charge in [0.25, 0.3) is 11.6 Å². The minimum atomic E-state index is -0.486. The van der Waals surface area contributed by atoms with Gasteiger partial charge in [-0.2, -0.15) is 0 Å². The van der Waals surface area contributed by atoms with Crippen molar-refractivity contribution in [2.45, 2.75) is 6.54 Å². The van der Waals surface area contributed by atoms with Crippen molar-refractivity contribution in [2.24, 2.45) is 0 Å². The van der Waals surface area contributed by atoms with E-state index in [9.17, 15) is 14.9 Å². The van der Waals surface area contributed by atoms with Gasteiger partial charge >= 0.3 is 0 Å². The quantitative estimate of drug-likeness (QED) is 0.602. The van der Waals surface area contributed by atoms with Crippen molar-refractivity contribution in [3.63, 3.8) is 0 Å². The van der Waals surface area contributed by atoms with E-state index in [4.69, 9.17) is 16.3 Å². The molecule has 25 heavy (non-hydrogen) atoms. The second kappa shape index (κ2) is 8.34. The van der Waals surface area contributed by atoms with E-state index in [1.54, 1.807) is 44.4 Å². The lowest BCUT2D eigenvalue weighted by atomic mass is 10.2. The summed E-state index contributed by atoms with van der Waals surface area (Å²) >= 11 is 5.80. The third-order valence-electron chi connectivity index (χ3n) is 3.40. The minimum absolute atomic E-state index is 0.0491. The lowest BCUT2D eigenvalue weighted by Gasteiger charge is -2.12. The number of ether oxygens (including phenoxy) is 1. The Labute approximate surface area is 150 Å². The lowest BCUT2D eigenvalue weighted by molar-refractivity contribution is -0.383. The Morgan fingerprint density at radius 2 is 2.04 bits per heavy atom. The van der Waals surface area contributed by atoms with Crippen molar-refractivity contribution in [1.29, 1.82) is 0 Å². The molecule has 0 aliphatic rings. The van der Waals surface area contributed by atoms with Crippen LogP contribution in [0.2, 0.25) is 5.02 Å². The Balaban J connectivity index is 2.03. The molecule has 0 atom stereocenters. The van der Waals surface area contributed by atoms with Gasteiger partial charge in [-0.1, -0.05) is 23.7 Å². The van der Waals surface area contributed by atoms with Crippen LogP contribution in [0.1, 0.15) is 5.56 Å². The number of anilines is 1. The van der Waals surface area contributed by atoms with E-state index < -0.39 is 4.92 Å². The van der Waals surface area contributed by atoms with Gasteiger partial charge in [-0.3, -0.25) is 14.9 Å². The fourth-order valence-electron chi connectivity index (χ4n) is 2.02. The molecule has 7 nitrogen and oxygen atoms in total. The van der Waals surface area contributed by atoms with Crippen molar-refractivity contribution >= 4 is 28.9 Å². The average molecular weight is 364 g/mol. The summed E-state index contributed by atoms with van der Waals surface area (Å²) in [6, 6.07) is 11.6. The molecule has 2 aromatic carbocycles. The highest BCUT2D eigenvalue weighted by molar-refractivity contribution is 6.30. The second-order valence-electron chi connectivity index (χ2n) is 5.50. The minimum Gasteiger partial charge on any atom is -0.484 e. The first-order chi connectivity index (χ1) is 11.9. The summed E-state index contributed by atoms with van der Waals surface area (Å²) in [5, 5.41) is 14.4. The van der Waals surface area contributed by atoms with Gasteiger partial charge in [0.05, 0.1) is 4.92 Å². The number of carbonyl (C=O) groups excluding carboxylic acids is 1. The Hall–Kier alpha value is -2.80. The fourth-order valence-corrected chi connectivity index (χ4v) is 2.19. The van der Waals surface area contributed by atoms with Gasteiger partial charge in [0.2, 0.25) is 0 Å². The molecule has 0 fully saturated rings. The molecule has 0 bridgehead atoms. The summed E-state index contributed by atoms with van der Waals surface area (Å²) in [6.45, 7) is 0.313. The number of halogens is 1. The molecule has 8 heteroatoms. The molecule has 132 valence electrons. The Bertz CT molecular complexity index is 780. The maximum atomic E-state index is 11.6. The molecule has 0 saturated heterocycles. The molecule has 0 unspecified atom stereocenters. The molecule has 2 aromatic rings. The van der Waals surface area contributed by atoms with Gasteiger partial charge in [-0.25, -0.2) is 0 Å². The Morgan fingerprint density at radius 1 is 1.28 bits per heavy atom. The lowest BCUT2D eigenvalue weighted by Crippen LogP contribution is -2.27. The van der Waals surface area contributed by atoms with E-state index in [1.165, 1.54) is 11.0 Å². The number of likely N-dealkylation sites (N-methyl/N-ethyl adjacent to an activating group) is 1. The van der Waals surface area contributed by atoms with Crippen molar-refractivity contribution in [3.8, 4) is 5.75 Å². The summed E-state index contributed by atoms with van der Waals surface area (Å²) in [4.78, 5) is 23.6. The van der Waals surface area contributed by atoms with Crippen LogP contribution in [0.15, 0.2) is 42.5 Å². The van der Waals surface area contributed by atoms with Crippen molar-refractivity contribution in [1.82, 2.24) is 4.90 Å². The molecule has 2 rings (SSSR count). The number of amides is 1. The first-order valence-corrected chi connectivity index (χ1v) is 7.84. The largest absolute Gasteiger partial charge is 0.484 e. The number of nitrogens with one attached hydrogen (secondary N) is 1. The van der Waals surface area contributed by atoms with Crippen molar-refractivity contribution in [3.05, 3.63) is 63.2 Å². The molecule has 0 aromatic heterocycles. The van der Waals surface area contributed by atoms with E-state index in [0.29, 0.717) is 23.0 Å². The molecule has 1 amide bonds. The molecule has 0 radical (unpaired) electrons. The van der Waals surface area contributed by atoms with Gasteiger partial charge in [0, 0.05) is 31.7 Å². The van der Waals surface area contributed by atoms with E-state index in [-0.39, 0.29) is 18.2 Å². The van der Waals surface area contributed by atoms with Crippen LogP contribution >= 0.6 is 11.6 Å². The number of rotatable bonds is 7. The number of hydrogen-bond acceptors (Lipinski definition) is 5. The number of carbonyl (C=O) groups is 1. The normalized spacial score (nSPS) is 10.2. The van der Waals surface area contributed by atoms with Crippen LogP contribution in [0, 0.1) is 10.1 Å². The van der Waals surface area contributed by atoms with Crippen LogP contribution in [0.5, 0.6) is 5.75 Å². The van der Waals surface area contributed by atoms with E-state index in [2.05, 4.69) is 5.32 Å².